The van der Waals surface area contributed by atoms with Crippen molar-refractivity contribution < 1.29 is 4.74 Å². The van der Waals surface area contributed by atoms with Crippen molar-refractivity contribution in [2.75, 3.05) is 6.61 Å². The van der Waals surface area contributed by atoms with E-state index in [0.29, 0.717) is 12.7 Å². The number of rotatable bonds is 4. The smallest absolute Gasteiger partial charge is 0.178 e. The van der Waals surface area contributed by atoms with E-state index in [2.05, 4.69) is 9.55 Å². The van der Waals surface area contributed by atoms with Crippen LogP contribution in [0.3, 0.4) is 0 Å². The number of halogens is 1. The summed E-state index contributed by atoms with van der Waals surface area (Å²) in [6.07, 6.45) is 6.81. The van der Waals surface area contributed by atoms with Gasteiger partial charge in [-0.25, -0.2) is 0 Å². The van der Waals surface area contributed by atoms with Crippen molar-refractivity contribution in [2.24, 2.45) is 0 Å². The molecule has 1 aliphatic rings. The largest absolute Gasteiger partial charge is 0.376 e. The van der Waals surface area contributed by atoms with Gasteiger partial charge in [-0.1, -0.05) is 30.9 Å². The summed E-state index contributed by atoms with van der Waals surface area (Å²) in [6, 6.07) is 5.81. The molecule has 1 saturated carbocycles. The van der Waals surface area contributed by atoms with Crippen LogP contribution >= 0.6 is 23.8 Å². The second kappa shape index (κ2) is 6.29. The van der Waals surface area contributed by atoms with Crippen molar-refractivity contribution in [1.29, 1.82) is 0 Å². The molecule has 20 heavy (non-hydrogen) atoms. The monoisotopic (exact) mass is 310 g/mol. The van der Waals surface area contributed by atoms with E-state index >= 15 is 0 Å². The van der Waals surface area contributed by atoms with Gasteiger partial charge in [0.1, 0.15) is 0 Å². The van der Waals surface area contributed by atoms with Crippen molar-refractivity contribution in [3.8, 4) is 0 Å². The Morgan fingerprint density at radius 2 is 2.10 bits per heavy atom. The van der Waals surface area contributed by atoms with Gasteiger partial charge in [0.15, 0.2) is 4.77 Å². The van der Waals surface area contributed by atoms with Crippen LogP contribution in [0.25, 0.3) is 11.0 Å². The van der Waals surface area contributed by atoms with Gasteiger partial charge in [0, 0.05) is 11.6 Å². The normalized spacial score (nSPS) is 16.9. The van der Waals surface area contributed by atoms with E-state index in [1.807, 2.05) is 18.2 Å². The fourth-order valence-corrected chi connectivity index (χ4v) is 3.37. The number of fused-ring (bicyclic) bond motifs is 1. The molecule has 0 radical (unpaired) electrons. The van der Waals surface area contributed by atoms with Crippen LogP contribution < -0.4 is 0 Å². The summed E-state index contributed by atoms with van der Waals surface area (Å²) in [5.41, 5.74) is 2.08. The first-order chi connectivity index (χ1) is 9.74. The predicted molar refractivity (Wildman–Crippen MR) is 85.0 cm³/mol. The minimum Gasteiger partial charge on any atom is -0.376 e. The maximum absolute atomic E-state index is 6.00. The molecular formula is C15H19ClN2OS. The van der Waals surface area contributed by atoms with Crippen LogP contribution in [-0.2, 0) is 11.3 Å². The highest BCUT2D eigenvalue weighted by molar-refractivity contribution is 7.71. The number of hydrogen-bond donors (Lipinski definition) is 1. The second-order valence-electron chi connectivity index (χ2n) is 5.37. The number of imidazole rings is 1. The molecule has 108 valence electrons. The van der Waals surface area contributed by atoms with E-state index < -0.39 is 0 Å². The molecule has 1 fully saturated rings. The van der Waals surface area contributed by atoms with Crippen LogP contribution in [0, 0.1) is 4.77 Å². The van der Waals surface area contributed by atoms with Crippen molar-refractivity contribution in [3.63, 3.8) is 0 Å². The Balaban J connectivity index is 1.68. The molecule has 0 spiro atoms. The Labute approximate surface area is 128 Å². The van der Waals surface area contributed by atoms with Crippen LogP contribution in [0.2, 0.25) is 5.02 Å². The number of aromatic nitrogens is 2. The van der Waals surface area contributed by atoms with Gasteiger partial charge >= 0.3 is 0 Å². The first-order valence-corrected chi connectivity index (χ1v) is 8.02. The molecule has 5 heteroatoms. The van der Waals surface area contributed by atoms with Crippen LogP contribution in [0.1, 0.15) is 32.1 Å². The van der Waals surface area contributed by atoms with Gasteiger partial charge in [0.05, 0.1) is 23.7 Å². The summed E-state index contributed by atoms with van der Waals surface area (Å²) in [6.45, 7) is 1.51. The van der Waals surface area contributed by atoms with Crippen LogP contribution in [0.5, 0.6) is 0 Å². The third-order valence-electron chi connectivity index (χ3n) is 3.96. The molecule has 0 atom stereocenters. The van der Waals surface area contributed by atoms with Gasteiger partial charge in [-0.15, -0.1) is 0 Å². The number of nitrogens with one attached hydrogen (secondary N) is 1. The first kappa shape index (κ1) is 14.1. The summed E-state index contributed by atoms with van der Waals surface area (Å²) in [7, 11) is 0. The average molecular weight is 311 g/mol. The average Bonchev–Trinajstić information content (AvgIpc) is 2.75. The molecule has 0 unspecified atom stereocenters. The Hall–Kier alpha value is -0.840. The van der Waals surface area contributed by atoms with Crippen molar-refractivity contribution in [1.82, 2.24) is 9.55 Å². The van der Waals surface area contributed by atoms with Crippen LogP contribution in [0.4, 0.5) is 0 Å². The van der Waals surface area contributed by atoms with Crippen LogP contribution in [-0.4, -0.2) is 22.3 Å². The molecule has 1 N–H and O–H groups in total. The predicted octanol–water partition coefficient (Wildman–Crippen LogP) is 4.70. The zero-order valence-corrected chi connectivity index (χ0v) is 13.0. The molecule has 3 nitrogen and oxygen atoms in total. The van der Waals surface area contributed by atoms with E-state index in [0.717, 1.165) is 27.4 Å². The van der Waals surface area contributed by atoms with E-state index in [9.17, 15) is 0 Å². The lowest BCUT2D eigenvalue weighted by Gasteiger charge is -2.22. The molecule has 0 amide bonds. The minimum absolute atomic E-state index is 0.442. The summed E-state index contributed by atoms with van der Waals surface area (Å²) >= 11 is 11.4. The maximum Gasteiger partial charge on any atom is 0.178 e. The highest BCUT2D eigenvalue weighted by Gasteiger charge is 2.13. The zero-order chi connectivity index (χ0) is 13.9. The Bertz CT molecular complexity index is 643. The van der Waals surface area contributed by atoms with Crippen molar-refractivity contribution in [2.45, 2.75) is 44.8 Å². The molecule has 1 aliphatic carbocycles. The van der Waals surface area contributed by atoms with Gasteiger partial charge in [-0.2, -0.15) is 0 Å². The number of benzene rings is 1. The molecule has 3 rings (SSSR count). The van der Waals surface area contributed by atoms with Gasteiger partial charge < -0.3 is 14.3 Å². The highest BCUT2D eigenvalue weighted by Crippen LogP contribution is 2.21. The highest BCUT2D eigenvalue weighted by atomic mass is 35.5. The van der Waals surface area contributed by atoms with E-state index in [4.69, 9.17) is 28.6 Å². The SMILES string of the molecule is S=c1[nH]c2cc(Cl)ccc2n1CCOC1CCCCC1. The lowest BCUT2D eigenvalue weighted by atomic mass is 9.98. The fraction of sp³-hybridized carbons (Fsp3) is 0.533. The lowest BCUT2D eigenvalue weighted by Crippen LogP contribution is -2.19. The molecule has 2 aromatic rings. The number of hydrogen-bond acceptors (Lipinski definition) is 2. The zero-order valence-electron chi connectivity index (χ0n) is 11.4. The summed E-state index contributed by atoms with van der Waals surface area (Å²) in [4.78, 5) is 3.19. The third kappa shape index (κ3) is 3.08. The molecule has 0 aliphatic heterocycles. The molecular weight excluding hydrogens is 292 g/mol. The van der Waals surface area contributed by atoms with Gasteiger partial charge in [0.2, 0.25) is 0 Å². The summed E-state index contributed by atoms with van der Waals surface area (Å²) in [5.74, 6) is 0. The third-order valence-corrected chi connectivity index (χ3v) is 4.51. The van der Waals surface area contributed by atoms with Gasteiger partial charge in [-0.05, 0) is 43.3 Å². The minimum atomic E-state index is 0.442. The second-order valence-corrected chi connectivity index (χ2v) is 6.20. The molecule has 1 aromatic carbocycles. The molecule has 1 aromatic heterocycles. The molecule has 0 saturated heterocycles. The topological polar surface area (TPSA) is 29.9 Å². The number of nitrogens with zero attached hydrogens (tertiary/aromatic N) is 1. The quantitative estimate of drug-likeness (QED) is 0.829. The van der Waals surface area contributed by atoms with Crippen LogP contribution in [0.15, 0.2) is 18.2 Å². The Kier molecular flexibility index (Phi) is 4.44. The lowest BCUT2D eigenvalue weighted by molar-refractivity contribution is 0.0243. The first-order valence-electron chi connectivity index (χ1n) is 7.24. The number of ether oxygens (including phenoxy) is 1. The number of H-pyrrole nitrogens is 1. The van der Waals surface area contributed by atoms with Gasteiger partial charge in [-0.3, -0.25) is 0 Å². The van der Waals surface area contributed by atoms with E-state index in [-0.39, 0.29) is 0 Å². The maximum atomic E-state index is 6.00. The van der Waals surface area contributed by atoms with Gasteiger partial charge in [0.25, 0.3) is 0 Å². The summed E-state index contributed by atoms with van der Waals surface area (Å²) < 4.78 is 8.79. The van der Waals surface area contributed by atoms with E-state index in [1.165, 1.54) is 32.1 Å². The molecule has 0 bridgehead atoms. The van der Waals surface area contributed by atoms with Crippen molar-refractivity contribution in [3.05, 3.63) is 28.0 Å². The Morgan fingerprint density at radius 1 is 1.30 bits per heavy atom. The fourth-order valence-electron chi connectivity index (χ4n) is 2.90. The molecule has 1 heterocycles. The van der Waals surface area contributed by atoms with E-state index in [1.54, 1.807) is 0 Å². The standard InChI is InChI=1S/C15H19ClN2OS/c16-11-6-7-14-13(10-11)17-15(20)18(14)8-9-19-12-4-2-1-3-5-12/h6-7,10,12H,1-5,8-9H2,(H,17,20). The Morgan fingerprint density at radius 3 is 2.90 bits per heavy atom. The van der Waals surface area contributed by atoms with Crippen molar-refractivity contribution >= 4 is 34.9 Å². The summed E-state index contributed by atoms with van der Waals surface area (Å²) in [5, 5.41) is 0.722. The number of aromatic amines is 1.